The quantitative estimate of drug-likeness (QED) is 0.704. The van der Waals surface area contributed by atoms with Gasteiger partial charge in [-0.15, -0.1) is 0 Å². The lowest BCUT2D eigenvalue weighted by atomic mass is 10.3. The van der Waals surface area contributed by atoms with E-state index in [1.807, 2.05) is 13.8 Å². The molecule has 0 spiro atoms. The Bertz CT molecular complexity index is 474. The van der Waals surface area contributed by atoms with E-state index >= 15 is 0 Å². The maximum Gasteiger partial charge on any atom is 0.354 e. The molecule has 0 aliphatic carbocycles. The molecule has 0 atom stereocenters. The highest BCUT2D eigenvalue weighted by Crippen LogP contribution is 2.04. The molecule has 7 nitrogen and oxygen atoms in total. The molecular formula is C12H18N4O3. The molecule has 0 saturated heterocycles. The molecule has 7 heteroatoms. The maximum absolute atomic E-state index is 11.4. The van der Waals surface area contributed by atoms with Gasteiger partial charge in [0.05, 0.1) is 0 Å². The summed E-state index contributed by atoms with van der Waals surface area (Å²) in [6.07, 6.45) is 0.276. The number of anilines is 1. The van der Waals surface area contributed by atoms with E-state index in [1.165, 1.54) is 6.07 Å². The fraction of sp³-hybridized carbons (Fsp3) is 0.500. The van der Waals surface area contributed by atoms with Crippen molar-refractivity contribution in [2.24, 2.45) is 0 Å². The molecule has 1 aromatic rings. The van der Waals surface area contributed by atoms with Crippen LogP contribution < -0.4 is 10.6 Å². The van der Waals surface area contributed by atoms with Gasteiger partial charge in [0.1, 0.15) is 0 Å². The lowest BCUT2D eigenvalue weighted by Crippen LogP contribution is -2.31. The number of hydrogen-bond donors (Lipinski definition) is 3. The third kappa shape index (κ3) is 5.33. The topological polar surface area (TPSA) is 104 Å². The molecule has 3 N–H and O–H groups in total. The van der Waals surface area contributed by atoms with E-state index in [4.69, 9.17) is 5.11 Å². The Kier molecular flexibility index (Phi) is 5.23. The summed E-state index contributed by atoms with van der Waals surface area (Å²) >= 11 is 0. The number of rotatable bonds is 6. The minimum Gasteiger partial charge on any atom is -0.477 e. The van der Waals surface area contributed by atoms with Crippen LogP contribution in [-0.4, -0.2) is 39.5 Å². The van der Waals surface area contributed by atoms with Crippen LogP contribution in [0.15, 0.2) is 6.07 Å². The highest BCUT2D eigenvalue weighted by atomic mass is 16.4. The Morgan fingerprint density at radius 3 is 2.63 bits per heavy atom. The van der Waals surface area contributed by atoms with Crippen molar-refractivity contribution in [3.8, 4) is 0 Å². The summed E-state index contributed by atoms with van der Waals surface area (Å²) < 4.78 is 0. The van der Waals surface area contributed by atoms with Gasteiger partial charge in [0, 0.05) is 24.7 Å². The van der Waals surface area contributed by atoms with E-state index in [9.17, 15) is 9.59 Å². The van der Waals surface area contributed by atoms with Crippen molar-refractivity contribution in [3.05, 3.63) is 17.5 Å². The number of nitrogens with zero attached hydrogens (tertiary/aromatic N) is 2. The number of carboxylic acids is 1. The summed E-state index contributed by atoms with van der Waals surface area (Å²) in [6.45, 7) is 5.80. The first-order chi connectivity index (χ1) is 8.88. The number of aromatic carboxylic acids is 1. The smallest absolute Gasteiger partial charge is 0.354 e. The third-order valence-corrected chi connectivity index (χ3v) is 2.16. The van der Waals surface area contributed by atoms with Gasteiger partial charge in [0.25, 0.3) is 0 Å². The van der Waals surface area contributed by atoms with Crippen LogP contribution in [0.5, 0.6) is 0 Å². The molecule has 0 unspecified atom stereocenters. The number of carbonyl (C=O) groups excluding carboxylic acids is 1. The summed E-state index contributed by atoms with van der Waals surface area (Å²) in [7, 11) is 0. The third-order valence-electron chi connectivity index (χ3n) is 2.16. The number of aromatic nitrogens is 2. The minimum absolute atomic E-state index is 0.0679. The predicted molar refractivity (Wildman–Crippen MR) is 70.1 cm³/mol. The maximum atomic E-state index is 11.4. The zero-order valence-electron chi connectivity index (χ0n) is 11.2. The van der Waals surface area contributed by atoms with Crippen LogP contribution in [0.2, 0.25) is 0 Å². The van der Waals surface area contributed by atoms with E-state index < -0.39 is 5.97 Å². The lowest BCUT2D eigenvalue weighted by Gasteiger charge is -2.09. The molecule has 1 aromatic heterocycles. The first kappa shape index (κ1) is 14.9. The molecule has 1 heterocycles. The van der Waals surface area contributed by atoms with E-state index in [1.54, 1.807) is 6.92 Å². The summed E-state index contributed by atoms with van der Waals surface area (Å²) in [5.74, 6) is -0.963. The molecule has 0 aromatic carbocycles. The van der Waals surface area contributed by atoms with Crippen LogP contribution in [0.25, 0.3) is 0 Å². The zero-order valence-corrected chi connectivity index (χ0v) is 11.2. The summed E-state index contributed by atoms with van der Waals surface area (Å²) in [6, 6.07) is 1.49. The Morgan fingerprint density at radius 1 is 1.37 bits per heavy atom. The van der Waals surface area contributed by atoms with Gasteiger partial charge >= 0.3 is 5.97 Å². The molecule has 104 valence electrons. The zero-order chi connectivity index (χ0) is 14.4. The number of amides is 1. The number of nitrogens with one attached hydrogen (secondary N) is 2. The van der Waals surface area contributed by atoms with Crippen LogP contribution in [0.4, 0.5) is 5.95 Å². The second kappa shape index (κ2) is 6.67. The fourth-order valence-corrected chi connectivity index (χ4v) is 1.44. The summed E-state index contributed by atoms with van der Waals surface area (Å²) in [5, 5.41) is 14.5. The first-order valence-corrected chi connectivity index (χ1v) is 6.00. The normalized spacial score (nSPS) is 10.3. The average molecular weight is 266 g/mol. The van der Waals surface area contributed by atoms with Crippen molar-refractivity contribution in [1.82, 2.24) is 15.3 Å². The van der Waals surface area contributed by atoms with Crippen LogP contribution in [-0.2, 0) is 4.79 Å². The van der Waals surface area contributed by atoms with Crippen molar-refractivity contribution in [1.29, 1.82) is 0 Å². The van der Waals surface area contributed by atoms with Gasteiger partial charge in [-0.3, -0.25) is 4.79 Å². The first-order valence-electron chi connectivity index (χ1n) is 6.00. The monoisotopic (exact) mass is 266 g/mol. The van der Waals surface area contributed by atoms with Crippen molar-refractivity contribution in [3.63, 3.8) is 0 Å². The number of carbonyl (C=O) groups is 2. The van der Waals surface area contributed by atoms with Gasteiger partial charge in [-0.05, 0) is 26.8 Å². The van der Waals surface area contributed by atoms with Crippen molar-refractivity contribution in [2.75, 3.05) is 11.9 Å². The van der Waals surface area contributed by atoms with E-state index in [0.29, 0.717) is 12.2 Å². The van der Waals surface area contributed by atoms with Gasteiger partial charge in [0.15, 0.2) is 5.69 Å². The molecule has 0 radical (unpaired) electrons. The lowest BCUT2D eigenvalue weighted by molar-refractivity contribution is -0.121. The summed E-state index contributed by atoms with van der Waals surface area (Å²) in [5.41, 5.74) is 0.489. The van der Waals surface area contributed by atoms with Gasteiger partial charge in [0.2, 0.25) is 11.9 Å². The van der Waals surface area contributed by atoms with Crippen molar-refractivity contribution >= 4 is 17.8 Å². The minimum atomic E-state index is -1.11. The Morgan fingerprint density at radius 2 is 2.05 bits per heavy atom. The SMILES string of the molecule is Cc1cc(C(=O)O)nc(NCCC(=O)NC(C)C)n1. The van der Waals surface area contributed by atoms with Gasteiger partial charge in [-0.25, -0.2) is 14.8 Å². The number of hydrogen-bond acceptors (Lipinski definition) is 5. The average Bonchev–Trinajstić information content (AvgIpc) is 2.27. The molecule has 0 bridgehead atoms. The molecule has 0 aliphatic heterocycles. The van der Waals surface area contributed by atoms with Gasteiger partial charge < -0.3 is 15.7 Å². The van der Waals surface area contributed by atoms with Crippen molar-refractivity contribution < 1.29 is 14.7 Å². The molecule has 0 saturated carbocycles. The fourth-order valence-electron chi connectivity index (χ4n) is 1.44. The second-order valence-electron chi connectivity index (χ2n) is 4.42. The van der Waals surface area contributed by atoms with Gasteiger partial charge in [-0.2, -0.15) is 0 Å². The molecule has 0 fully saturated rings. The molecule has 19 heavy (non-hydrogen) atoms. The second-order valence-corrected chi connectivity index (χ2v) is 4.42. The van der Waals surface area contributed by atoms with E-state index in [-0.39, 0.29) is 30.0 Å². The summed E-state index contributed by atoms with van der Waals surface area (Å²) in [4.78, 5) is 30.1. The highest BCUT2D eigenvalue weighted by molar-refractivity contribution is 5.85. The number of carboxylic acid groups (broad SMARTS) is 1. The van der Waals surface area contributed by atoms with Crippen molar-refractivity contribution in [2.45, 2.75) is 33.2 Å². The Hall–Kier alpha value is -2.18. The standard InChI is InChI=1S/C12H18N4O3/c1-7(2)14-10(17)4-5-13-12-15-8(3)6-9(16-12)11(18)19/h6-7H,4-5H2,1-3H3,(H,14,17)(H,18,19)(H,13,15,16). The van der Waals surface area contributed by atoms with E-state index in [0.717, 1.165) is 0 Å². The number of aryl methyl sites for hydroxylation is 1. The molecule has 0 aliphatic rings. The molecule has 1 amide bonds. The van der Waals surface area contributed by atoms with Crippen LogP contribution in [0.3, 0.4) is 0 Å². The largest absolute Gasteiger partial charge is 0.477 e. The molecule has 1 rings (SSSR count). The van der Waals surface area contributed by atoms with E-state index in [2.05, 4.69) is 20.6 Å². The van der Waals surface area contributed by atoms with Gasteiger partial charge in [-0.1, -0.05) is 0 Å². The van der Waals surface area contributed by atoms with Crippen LogP contribution in [0.1, 0.15) is 36.5 Å². The predicted octanol–water partition coefficient (Wildman–Crippen LogP) is 0.810. The Balaban J connectivity index is 2.54. The molecular weight excluding hydrogens is 248 g/mol. The van der Waals surface area contributed by atoms with Crippen LogP contribution >= 0.6 is 0 Å². The Labute approximate surface area is 111 Å². The van der Waals surface area contributed by atoms with Crippen LogP contribution in [0, 0.1) is 6.92 Å². The highest BCUT2D eigenvalue weighted by Gasteiger charge is 2.09.